The van der Waals surface area contributed by atoms with Crippen molar-refractivity contribution in [2.45, 2.75) is 25.4 Å². The van der Waals surface area contributed by atoms with Gasteiger partial charge in [-0.3, -0.25) is 9.78 Å². The number of fused-ring (bicyclic) bond motifs is 1. The van der Waals surface area contributed by atoms with Crippen LogP contribution in [0.25, 0.3) is 0 Å². The molecule has 1 saturated heterocycles. The molecule has 1 atom stereocenters. The van der Waals surface area contributed by atoms with Gasteiger partial charge < -0.3 is 10.2 Å². The summed E-state index contributed by atoms with van der Waals surface area (Å²) in [5, 5.41) is 3.43. The van der Waals surface area contributed by atoms with Gasteiger partial charge in [0.25, 0.3) is 5.91 Å². The molecule has 4 nitrogen and oxygen atoms in total. The Kier molecular flexibility index (Phi) is 2.17. The molecule has 84 valence electrons. The zero-order valence-electron chi connectivity index (χ0n) is 9.36. The summed E-state index contributed by atoms with van der Waals surface area (Å²) in [6.45, 7) is 1.72. The van der Waals surface area contributed by atoms with E-state index in [-0.39, 0.29) is 5.91 Å². The van der Waals surface area contributed by atoms with Crippen LogP contribution in [-0.4, -0.2) is 29.4 Å². The number of hydrogen-bond donors (Lipinski definition) is 1. The van der Waals surface area contributed by atoms with Crippen LogP contribution in [0.1, 0.15) is 40.6 Å². The quantitative estimate of drug-likeness (QED) is 0.766. The molecule has 0 unspecified atom stereocenters. The Labute approximate surface area is 94.7 Å². The highest BCUT2D eigenvalue weighted by molar-refractivity contribution is 5.97. The van der Waals surface area contributed by atoms with Crippen molar-refractivity contribution < 1.29 is 4.79 Å². The fraction of sp³-hybridized carbons (Fsp3) is 0.500. The Morgan fingerprint density at radius 3 is 3.12 bits per heavy atom. The van der Waals surface area contributed by atoms with Crippen molar-refractivity contribution in [3.05, 3.63) is 29.1 Å². The molecular formula is C12H15N3O. The topological polar surface area (TPSA) is 45.2 Å². The molecule has 2 aliphatic rings. The number of aromatic nitrogens is 1. The van der Waals surface area contributed by atoms with E-state index in [4.69, 9.17) is 0 Å². The molecule has 1 aromatic rings. The Bertz CT molecular complexity index is 438. The van der Waals surface area contributed by atoms with E-state index in [0.29, 0.717) is 12.6 Å². The zero-order chi connectivity index (χ0) is 11.1. The van der Waals surface area contributed by atoms with Gasteiger partial charge >= 0.3 is 0 Å². The number of nitrogens with zero attached hydrogens (tertiary/aromatic N) is 2. The average molecular weight is 217 g/mol. The van der Waals surface area contributed by atoms with Crippen molar-refractivity contribution in [2.75, 3.05) is 13.6 Å². The molecule has 2 aliphatic heterocycles. The highest BCUT2D eigenvalue weighted by atomic mass is 16.2. The molecule has 0 aliphatic carbocycles. The van der Waals surface area contributed by atoms with E-state index in [0.717, 1.165) is 29.9 Å². The number of carbonyl (C=O) groups excluding carboxylic acids is 1. The molecule has 16 heavy (non-hydrogen) atoms. The van der Waals surface area contributed by atoms with Crippen molar-refractivity contribution >= 4 is 5.91 Å². The average Bonchev–Trinajstić information content (AvgIpc) is 2.88. The SMILES string of the molecule is CN1Cc2nc([C@H]3CCCN3)ccc2C1=O. The van der Waals surface area contributed by atoms with Gasteiger partial charge in [0.05, 0.1) is 23.5 Å². The molecule has 1 N–H and O–H groups in total. The van der Waals surface area contributed by atoms with Crippen LogP contribution in [0.2, 0.25) is 0 Å². The summed E-state index contributed by atoms with van der Waals surface area (Å²) in [5.41, 5.74) is 2.78. The molecule has 0 saturated carbocycles. The lowest BCUT2D eigenvalue weighted by Crippen LogP contribution is -2.17. The third-order valence-electron chi connectivity index (χ3n) is 3.38. The van der Waals surface area contributed by atoms with Gasteiger partial charge in [-0.2, -0.15) is 0 Å². The summed E-state index contributed by atoms with van der Waals surface area (Å²) in [7, 11) is 1.82. The van der Waals surface area contributed by atoms with E-state index in [1.807, 2.05) is 19.2 Å². The third kappa shape index (κ3) is 1.41. The highest BCUT2D eigenvalue weighted by Crippen LogP contribution is 2.25. The lowest BCUT2D eigenvalue weighted by Gasteiger charge is -2.10. The van der Waals surface area contributed by atoms with Gasteiger partial charge in [0.2, 0.25) is 0 Å². The van der Waals surface area contributed by atoms with Crippen LogP contribution in [0.4, 0.5) is 0 Å². The smallest absolute Gasteiger partial charge is 0.255 e. The van der Waals surface area contributed by atoms with Gasteiger partial charge in [0.1, 0.15) is 0 Å². The lowest BCUT2D eigenvalue weighted by molar-refractivity contribution is 0.0816. The monoisotopic (exact) mass is 217 g/mol. The van der Waals surface area contributed by atoms with Crippen molar-refractivity contribution in [3.63, 3.8) is 0 Å². The number of amides is 1. The van der Waals surface area contributed by atoms with Crippen molar-refractivity contribution in [2.24, 2.45) is 0 Å². The van der Waals surface area contributed by atoms with Crippen LogP contribution in [0.5, 0.6) is 0 Å². The molecule has 0 bridgehead atoms. The number of nitrogens with one attached hydrogen (secondary N) is 1. The molecular weight excluding hydrogens is 202 g/mol. The molecule has 3 heterocycles. The van der Waals surface area contributed by atoms with Crippen molar-refractivity contribution in [1.82, 2.24) is 15.2 Å². The number of hydrogen-bond acceptors (Lipinski definition) is 3. The molecule has 1 fully saturated rings. The molecule has 1 amide bonds. The minimum absolute atomic E-state index is 0.0911. The van der Waals surface area contributed by atoms with E-state index in [9.17, 15) is 4.79 Å². The zero-order valence-corrected chi connectivity index (χ0v) is 9.36. The van der Waals surface area contributed by atoms with Crippen LogP contribution in [0.15, 0.2) is 12.1 Å². The summed E-state index contributed by atoms with van der Waals surface area (Å²) in [6.07, 6.45) is 2.36. The minimum atomic E-state index is 0.0911. The van der Waals surface area contributed by atoms with Crippen molar-refractivity contribution in [3.8, 4) is 0 Å². The Morgan fingerprint density at radius 1 is 1.50 bits per heavy atom. The van der Waals surface area contributed by atoms with Crippen LogP contribution >= 0.6 is 0 Å². The normalized spacial score (nSPS) is 23.9. The first-order valence-corrected chi connectivity index (χ1v) is 5.74. The van der Waals surface area contributed by atoms with E-state index in [1.165, 1.54) is 6.42 Å². The van der Waals surface area contributed by atoms with E-state index in [2.05, 4.69) is 10.3 Å². The maximum atomic E-state index is 11.7. The molecule has 4 heteroatoms. The van der Waals surface area contributed by atoms with E-state index < -0.39 is 0 Å². The lowest BCUT2D eigenvalue weighted by atomic mass is 10.1. The first kappa shape index (κ1) is 9.78. The predicted octanol–water partition coefficient (Wildman–Crippen LogP) is 1.09. The van der Waals surface area contributed by atoms with Gasteiger partial charge in [-0.25, -0.2) is 0 Å². The van der Waals surface area contributed by atoms with E-state index in [1.54, 1.807) is 4.90 Å². The summed E-state index contributed by atoms with van der Waals surface area (Å²) in [4.78, 5) is 18.0. The van der Waals surface area contributed by atoms with Crippen molar-refractivity contribution in [1.29, 1.82) is 0 Å². The summed E-state index contributed by atoms with van der Waals surface area (Å²) < 4.78 is 0. The Hall–Kier alpha value is -1.42. The molecule has 1 aromatic heterocycles. The number of rotatable bonds is 1. The van der Waals surface area contributed by atoms with Crippen LogP contribution in [-0.2, 0) is 6.54 Å². The minimum Gasteiger partial charge on any atom is -0.336 e. The van der Waals surface area contributed by atoms with E-state index >= 15 is 0 Å². The Morgan fingerprint density at radius 2 is 2.38 bits per heavy atom. The molecule has 0 spiro atoms. The van der Waals surface area contributed by atoms with Gasteiger partial charge in [-0.1, -0.05) is 0 Å². The van der Waals surface area contributed by atoms with Gasteiger partial charge in [0, 0.05) is 13.1 Å². The maximum absolute atomic E-state index is 11.7. The predicted molar refractivity (Wildman–Crippen MR) is 60.0 cm³/mol. The first-order chi connectivity index (χ1) is 7.75. The number of pyridine rings is 1. The summed E-state index contributed by atoms with van der Waals surface area (Å²) >= 11 is 0. The first-order valence-electron chi connectivity index (χ1n) is 5.74. The Balaban J connectivity index is 1.95. The maximum Gasteiger partial charge on any atom is 0.255 e. The highest BCUT2D eigenvalue weighted by Gasteiger charge is 2.27. The van der Waals surface area contributed by atoms with Gasteiger partial charge in [-0.15, -0.1) is 0 Å². The number of carbonyl (C=O) groups is 1. The molecule has 0 aromatic carbocycles. The second kappa shape index (κ2) is 3.56. The van der Waals surface area contributed by atoms with Gasteiger partial charge in [-0.05, 0) is 31.5 Å². The summed E-state index contributed by atoms with van der Waals surface area (Å²) in [5.74, 6) is 0.0911. The van der Waals surface area contributed by atoms with Gasteiger partial charge in [0.15, 0.2) is 0 Å². The van der Waals surface area contributed by atoms with Crippen LogP contribution < -0.4 is 5.32 Å². The van der Waals surface area contributed by atoms with Crippen LogP contribution in [0.3, 0.4) is 0 Å². The fourth-order valence-electron chi connectivity index (χ4n) is 2.47. The second-order valence-corrected chi connectivity index (χ2v) is 4.54. The standard InChI is InChI=1S/C12H15N3O/c1-15-7-11-8(12(15)16)4-5-10(14-11)9-3-2-6-13-9/h4-5,9,13H,2-3,6-7H2,1H3/t9-/m1/s1. The third-order valence-corrected chi connectivity index (χ3v) is 3.38. The largest absolute Gasteiger partial charge is 0.336 e. The van der Waals surface area contributed by atoms with Crippen LogP contribution in [0, 0.1) is 0 Å². The molecule has 0 radical (unpaired) electrons. The molecule has 3 rings (SSSR count). The second-order valence-electron chi connectivity index (χ2n) is 4.54. The summed E-state index contributed by atoms with van der Waals surface area (Å²) in [6, 6.07) is 4.29. The fourth-order valence-corrected chi connectivity index (χ4v) is 2.47.